The van der Waals surface area contributed by atoms with E-state index in [2.05, 4.69) is 65.4 Å². The third-order valence-electron chi connectivity index (χ3n) is 2.18. The van der Waals surface area contributed by atoms with Crippen LogP contribution in [0.1, 0.15) is 24.5 Å². The van der Waals surface area contributed by atoms with Crippen LogP contribution in [0.2, 0.25) is 0 Å². The highest BCUT2D eigenvalue weighted by Crippen LogP contribution is 2.17. The van der Waals surface area contributed by atoms with E-state index in [4.69, 9.17) is 0 Å². The molecule has 0 spiro atoms. The number of nitrogens with one attached hydrogen (secondary N) is 1. The quantitative estimate of drug-likeness (QED) is 0.801. The van der Waals surface area contributed by atoms with Gasteiger partial charge < -0.3 is 5.32 Å². The summed E-state index contributed by atoms with van der Waals surface area (Å²) in [5, 5.41) is 3.34. The standard InChI is InChI=1S/C13H18BrN/c1-3-8-15-9-4-5-12-6-7-13(14)11(2)10-12/h4-7,10,15H,3,8-9H2,1-2H3. The van der Waals surface area contributed by atoms with Gasteiger partial charge in [-0.1, -0.05) is 47.1 Å². The molecule has 1 nitrogen and oxygen atoms in total. The van der Waals surface area contributed by atoms with Gasteiger partial charge in [-0.25, -0.2) is 0 Å². The highest BCUT2D eigenvalue weighted by atomic mass is 79.9. The molecule has 0 radical (unpaired) electrons. The molecule has 1 aromatic carbocycles. The Hall–Kier alpha value is -0.600. The zero-order valence-corrected chi connectivity index (χ0v) is 11.0. The minimum absolute atomic E-state index is 0.947. The minimum atomic E-state index is 0.947. The molecule has 1 N–H and O–H groups in total. The summed E-state index contributed by atoms with van der Waals surface area (Å²) in [6.45, 7) is 6.32. The average Bonchev–Trinajstić information content (AvgIpc) is 2.23. The number of benzene rings is 1. The Bertz CT molecular complexity index is 331. The van der Waals surface area contributed by atoms with E-state index in [9.17, 15) is 0 Å². The number of aryl methyl sites for hydroxylation is 1. The van der Waals surface area contributed by atoms with Gasteiger partial charge in [0.05, 0.1) is 0 Å². The summed E-state index contributed by atoms with van der Waals surface area (Å²) in [5.74, 6) is 0. The van der Waals surface area contributed by atoms with Gasteiger partial charge in [0, 0.05) is 11.0 Å². The van der Waals surface area contributed by atoms with E-state index in [0.29, 0.717) is 0 Å². The lowest BCUT2D eigenvalue weighted by Crippen LogP contribution is -2.13. The lowest BCUT2D eigenvalue weighted by atomic mass is 10.1. The van der Waals surface area contributed by atoms with Crippen LogP contribution in [0.5, 0.6) is 0 Å². The first-order valence-corrected chi connectivity index (χ1v) is 6.16. The van der Waals surface area contributed by atoms with Crippen molar-refractivity contribution >= 4 is 22.0 Å². The second-order valence-corrected chi connectivity index (χ2v) is 4.47. The van der Waals surface area contributed by atoms with Gasteiger partial charge in [-0.15, -0.1) is 0 Å². The molecule has 0 atom stereocenters. The number of rotatable bonds is 5. The van der Waals surface area contributed by atoms with Crippen molar-refractivity contribution in [3.05, 3.63) is 39.9 Å². The molecule has 1 rings (SSSR count). The molecule has 0 aromatic heterocycles. The maximum Gasteiger partial charge on any atom is 0.0204 e. The van der Waals surface area contributed by atoms with Gasteiger partial charge in [0.25, 0.3) is 0 Å². The molecule has 0 aliphatic heterocycles. The van der Waals surface area contributed by atoms with Crippen molar-refractivity contribution in [3.8, 4) is 0 Å². The Morgan fingerprint density at radius 2 is 2.20 bits per heavy atom. The van der Waals surface area contributed by atoms with Crippen molar-refractivity contribution in [1.29, 1.82) is 0 Å². The molecule has 15 heavy (non-hydrogen) atoms. The predicted octanol–water partition coefficient (Wildman–Crippen LogP) is 3.77. The summed E-state index contributed by atoms with van der Waals surface area (Å²) < 4.78 is 1.17. The average molecular weight is 268 g/mol. The summed E-state index contributed by atoms with van der Waals surface area (Å²) in [5.41, 5.74) is 2.53. The summed E-state index contributed by atoms with van der Waals surface area (Å²) in [4.78, 5) is 0. The SMILES string of the molecule is CCCNCC=Cc1ccc(Br)c(C)c1. The van der Waals surface area contributed by atoms with Crippen molar-refractivity contribution in [2.75, 3.05) is 13.1 Å². The van der Waals surface area contributed by atoms with Crippen LogP contribution < -0.4 is 5.32 Å². The van der Waals surface area contributed by atoms with E-state index in [1.807, 2.05) is 0 Å². The van der Waals surface area contributed by atoms with Gasteiger partial charge in [-0.3, -0.25) is 0 Å². The maximum atomic E-state index is 3.50. The van der Waals surface area contributed by atoms with Crippen LogP contribution >= 0.6 is 15.9 Å². The fourth-order valence-electron chi connectivity index (χ4n) is 1.33. The van der Waals surface area contributed by atoms with Gasteiger partial charge >= 0.3 is 0 Å². The van der Waals surface area contributed by atoms with Crippen molar-refractivity contribution < 1.29 is 0 Å². The third kappa shape index (κ3) is 4.63. The van der Waals surface area contributed by atoms with Crippen LogP contribution in [0, 0.1) is 6.92 Å². The Labute approximate surface area is 101 Å². The van der Waals surface area contributed by atoms with Gasteiger partial charge in [-0.2, -0.15) is 0 Å². The van der Waals surface area contributed by atoms with Gasteiger partial charge in [0.15, 0.2) is 0 Å². The smallest absolute Gasteiger partial charge is 0.0204 e. The monoisotopic (exact) mass is 267 g/mol. The molecule has 0 bridgehead atoms. The lowest BCUT2D eigenvalue weighted by molar-refractivity contribution is 0.730. The molecule has 0 fully saturated rings. The molecular formula is C13H18BrN. The van der Waals surface area contributed by atoms with Crippen LogP contribution in [-0.4, -0.2) is 13.1 Å². The molecule has 1 aromatic rings. The molecule has 0 aliphatic carbocycles. The van der Waals surface area contributed by atoms with Crippen LogP contribution in [-0.2, 0) is 0 Å². The van der Waals surface area contributed by atoms with E-state index in [-0.39, 0.29) is 0 Å². The second kappa shape index (κ2) is 6.81. The summed E-state index contributed by atoms with van der Waals surface area (Å²) in [6, 6.07) is 6.39. The lowest BCUT2D eigenvalue weighted by Gasteiger charge is -2.00. The molecule has 0 unspecified atom stereocenters. The van der Waals surface area contributed by atoms with Crippen molar-refractivity contribution in [1.82, 2.24) is 5.32 Å². The summed E-state index contributed by atoms with van der Waals surface area (Å²) in [6.07, 6.45) is 5.51. The van der Waals surface area contributed by atoms with E-state index >= 15 is 0 Å². The van der Waals surface area contributed by atoms with E-state index in [1.165, 1.54) is 22.0 Å². The Morgan fingerprint density at radius 1 is 1.40 bits per heavy atom. The fraction of sp³-hybridized carbons (Fsp3) is 0.385. The molecular weight excluding hydrogens is 250 g/mol. The van der Waals surface area contributed by atoms with Crippen LogP contribution in [0.3, 0.4) is 0 Å². The van der Waals surface area contributed by atoms with Crippen molar-refractivity contribution in [2.24, 2.45) is 0 Å². The first kappa shape index (κ1) is 12.5. The predicted molar refractivity (Wildman–Crippen MR) is 71.1 cm³/mol. The second-order valence-electron chi connectivity index (χ2n) is 3.62. The zero-order chi connectivity index (χ0) is 11.1. The molecule has 82 valence electrons. The van der Waals surface area contributed by atoms with Gasteiger partial charge in [0.2, 0.25) is 0 Å². The van der Waals surface area contributed by atoms with E-state index < -0.39 is 0 Å². The number of hydrogen-bond donors (Lipinski definition) is 1. The Balaban J connectivity index is 2.46. The fourth-order valence-corrected chi connectivity index (χ4v) is 1.58. The minimum Gasteiger partial charge on any atom is -0.313 e. The molecule has 0 aliphatic rings. The van der Waals surface area contributed by atoms with Gasteiger partial charge in [0.1, 0.15) is 0 Å². The molecule has 0 amide bonds. The normalized spacial score (nSPS) is 11.1. The van der Waals surface area contributed by atoms with E-state index in [1.54, 1.807) is 0 Å². The Kier molecular flexibility index (Phi) is 5.66. The van der Waals surface area contributed by atoms with Crippen molar-refractivity contribution in [2.45, 2.75) is 20.3 Å². The van der Waals surface area contributed by atoms with Crippen LogP contribution in [0.25, 0.3) is 6.08 Å². The van der Waals surface area contributed by atoms with Crippen molar-refractivity contribution in [3.63, 3.8) is 0 Å². The topological polar surface area (TPSA) is 12.0 Å². The maximum absolute atomic E-state index is 3.50. The number of halogens is 1. The number of hydrogen-bond acceptors (Lipinski definition) is 1. The highest BCUT2D eigenvalue weighted by molar-refractivity contribution is 9.10. The largest absolute Gasteiger partial charge is 0.313 e. The summed E-state index contributed by atoms with van der Waals surface area (Å²) in [7, 11) is 0. The van der Waals surface area contributed by atoms with Gasteiger partial charge in [-0.05, 0) is 37.1 Å². The third-order valence-corrected chi connectivity index (χ3v) is 3.07. The first-order valence-electron chi connectivity index (χ1n) is 5.37. The highest BCUT2D eigenvalue weighted by Gasteiger charge is 1.93. The Morgan fingerprint density at radius 3 is 2.87 bits per heavy atom. The molecule has 2 heteroatoms. The molecule has 0 saturated carbocycles. The molecule has 0 heterocycles. The zero-order valence-electron chi connectivity index (χ0n) is 9.39. The molecule has 0 saturated heterocycles. The van der Waals surface area contributed by atoms with E-state index in [0.717, 1.165) is 13.1 Å². The van der Waals surface area contributed by atoms with Crippen LogP contribution in [0.4, 0.5) is 0 Å². The first-order chi connectivity index (χ1) is 7.24. The van der Waals surface area contributed by atoms with Crippen LogP contribution in [0.15, 0.2) is 28.7 Å². The summed E-state index contributed by atoms with van der Waals surface area (Å²) >= 11 is 3.50.